The maximum Gasteiger partial charge on any atom is -0.00990 e. The third-order valence-corrected chi connectivity index (χ3v) is 6.67. The molecule has 112 valence electrons. The molecule has 0 amide bonds. The van der Waals surface area contributed by atoms with Gasteiger partial charge in [-0.1, -0.05) is 96.1 Å². The van der Waals surface area contributed by atoms with E-state index in [0.29, 0.717) is 0 Å². The highest BCUT2D eigenvalue weighted by molar-refractivity contribution is 7.74. The Morgan fingerprint density at radius 1 is 0.667 bits per heavy atom. The zero-order chi connectivity index (χ0) is 15.7. The molecule has 0 radical (unpaired) electrons. The van der Waals surface area contributed by atoms with Crippen LogP contribution in [-0.2, 0) is 5.41 Å². The van der Waals surface area contributed by atoms with Crippen LogP contribution in [0.15, 0.2) is 54.6 Å². The summed E-state index contributed by atoms with van der Waals surface area (Å²) in [4.78, 5) is 0. The van der Waals surface area contributed by atoms with Crippen LogP contribution in [0.2, 0.25) is 0 Å². The molecule has 1 atom stereocenters. The summed E-state index contributed by atoms with van der Waals surface area (Å²) < 4.78 is 0. The summed E-state index contributed by atoms with van der Waals surface area (Å²) in [6, 6.07) is 20.0. The van der Waals surface area contributed by atoms with Crippen LogP contribution >= 0.6 is 7.92 Å². The first-order valence-electron chi connectivity index (χ1n) is 7.66. The van der Waals surface area contributed by atoms with E-state index in [9.17, 15) is 0 Å². The lowest BCUT2D eigenvalue weighted by Crippen LogP contribution is -2.31. The molecule has 0 fully saturated rings. The number of rotatable bonds is 2. The average Bonchev–Trinajstić information content (AvgIpc) is 2.38. The minimum absolute atomic E-state index is 0.178. The van der Waals surface area contributed by atoms with Crippen molar-refractivity contribution in [2.45, 2.75) is 52.1 Å². The molecule has 0 aliphatic heterocycles. The minimum Gasteiger partial charge on any atom is -0.0622 e. The molecule has 2 rings (SSSR count). The van der Waals surface area contributed by atoms with Crippen LogP contribution in [0.5, 0.6) is 0 Å². The molecule has 0 aliphatic rings. The van der Waals surface area contributed by atoms with E-state index in [4.69, 9.17) is 0 Å². The Kier molecular flexibility index (Phi) is 4.59. The van der Waals surface area contributed by atoms with E-state index in [1.165, 1.54) is 16.2 Å². The van der Waals surface area contributed by atoms with Crippen LogP contribution < -0.4 is 10.6 Å². The van der Waals surface area contributed by atoms with Gasteiger partial charge < -0.3 is 0 Å². The fraction of sp³-hybridized carbons (Fsp3) is 0.400. The number of hydrogen-bond acceptors (Lipinski definition) is 0. The predicted molar refractivity (Wildman–Crippen MR) is 97.5 cm³/mol. The summed E-state index contributed by atoms with van der Waals surface area (Å²) in [6.45, 7) is 14.0. The quantitative estimate of drug-likeness (QED) is 0.667. The Morgan fingerprint density at radius 3 is 1.71 bits per heavy atom. The second-order valence-electron chi connectivity index (χ2n) is 7.61. The lowest BCUT2D eigenvalue weighted by Gasteiger charge is -2.36. The predicted octanol–water partition coefficient (Wildman–Crippen LogP) is 5.22. The highest BCUT2D eigenvalue weighted by atomic mass is 31.1. The van der Waals surface area contributed by atoms with Gasteiger partial charge in [0.05, 0.1) is 0 Å². The largest absolute Gasteiger partial charge is 0.0622 e. The van der Waals surface area contributed by atoms with Gasteiger partial charge in [0.25, 0.3) is 0 Å². The molecule has 1 heteroatoms. The van der Waals surface area contributed by atoms with E-state index in [1.807, 2.05) is 0 Å². The average molecular weight is 298 g/mol. The van der Waals surface area contributed by atoms with E-state index in [2.05, 4.69) is 96.1 Å². The number of benzene rings is 2. The minimum atomic E-state index is -0.377. The monoisotopic (exact) mass is 298 g/mol. The van der Waals surface area contributed by atoms with E-state index >= 15 is 0 Å². The fourth-order valence-electron chi connectivity index (χ4n) is 2.77. The smallest absolute Gasteiger partial charge is 0.00990 e. The summed E-state index contributed by atoms with van der Waals surface area (Å²) in [5, 5.41) is 3.24. The first-order valence-corrected chi connectivity index (χ1v) is 9.00. The van der Waals surface area contributed by atoms with Crippen molar-refractivity contribution in [2.75, 3.05) is 0 Å². The van der Waals surface area contributed by atoms with E-state index in [1.54, 1.807) is 0 Å². The van der Waals surface area contributed by atoms with Gasteiger partial charge in [-0.2, -0.15) is 0 Å². The van der Waals surface area contributed by atoms with Gasteiger partial charge in [-0.3, -0.25) is 0 Å². The molecule has 21 heavy (non-hydrogen) atoms. The highest BCUT2D eigenvalue weighted by Gasteiger charge is 2.31. The van der Waals surface area contributed by atoms with Crippen LogP contribution in [-0.4, -0.2) is 5.16 Å². The van der Waals surface area contributed by atoms with Crippen molar-refractivity contribution < 1.29 is 0 Å². The maximum absolute atomic E-state index is 2.37. The summed E-state index contributed by atoms with van der Waals surface area (Å²) in [5.41, 5.74) is 1.66. The van der Waals surface area contributed by atoms with Crippen LogP contribution in [0.3, 0.4) is 0 Å². The van der Waals surface area contributed by atoms with E-state index < -0.39 is 0 Å². The zero-order valence-corrected chi connectivity index (χ0v) is 15.0. The van der Waals surface area contributed by atoms with Crippen molar-refractivity contribution in [3.8, 4) is 0 Å². The van der Waals surface area contributed by atoms with Gasteiger partial charge in [0.1, 0.15) is 0 Å². The molecule has 1 unspecified atom stereocenters. The Morgan fingerprint density at radius 2 is 1.19 bits per heavy atom. The van der Waals surface area contributed by atoms with Gasteiger partial charge in [0.15, 0.2) is 0 Å². The third kappa shape index (κ3) is 3.74. The highest BCUT2D eigenvalue weighted by Crippen LogP contribution is 2.49. The molecule has 0 aliphatic carbocycles. The van der Waals surface area contributed by atoms with Crippen LogP contribution in [0.1, 0.15) is 47.1 Å². The van der Waals surface area contributed by atoms with Crippen LogP contribution in [0.4, 0.5) is 0 Å². The molecule has 2 aromatic carbocycles. The maximum atomic E-state index is 2.37. The van der Waals surface area contributed by atoms with Crippen LogP contribution in [0.25, 0.3) is 0 Å². The molecular formula is C20H27P. The molecule has 2 aromatic rings. The summed E-state index contributed by atoms with van der Waals surface area (Å²) in [6.07, 6.45) is 0. The summed E-state index contributed by atoms with van der Waals surface area (Å²) in [7, 11) is -0.377. The molecule has 0 N–H and O–H groups in total. The van der Waals surface area contributed by atoms with Crippen molar-refractivity contribution in [1.29, 1.82) is 0 Å². The molecule has 0 heterocycles. The Bertz CT molecular complexity index is 585. The van der Waals surface area contributed by atoms with E-state index in [-0.39, 0.29) is 18.5 Å². The molecule has 0 aromatic heterocycles. The molecule has 0 nitrogen and oxygen atoms in total. The summed E-state index contributed by atoms with van der Waals surface area (Å²) in [5.74, 6) is 0. The fourth-order valence-corrected chi connectivity index (χ4v) is 5.90. The normalized spacial score (nSPS) is 14.0. The second kappa shape index (κ2) is 5.93. The van der Waals surface area contributed by atoms with Crippen LogP contribution in [0, 0.1) is 0 Å². The molecule has 0 saturated heterocycles. The van der Waals surface area contributed by atoms with Crippen molar-refractivity contribution in [3.05, 3.63) is 60.2 Å². The zero-order valence-electron chi connectivity index (χ0n) is 14.1. The van der Waals surface area contributed by atoms with Gasteiger partial charge >= 0.3 is 0 Å². The molecule has 0 spiro atoms. The standard InChI is InChI=1S/C20H27P/c1-19(2,3)17-14-10-11-15-18(17)21(20(4,5)6)16-12-8-7-9-13-16/h7-15H,1-6H3. The second-order valence-corrected chi connectivity index (χ2v) is 10.6. The number of hydrogen-bond donors (Lipinski definition) is 0. The Labute approximate surface area is 131 Å². The van der Waals surface area contributed by atoms with Crippen molar-refractivity contribution in [1.82, 2.24) is 0 Å². The molecule has 0 saturated carbocycles. The lowest BCUT2D eigenvalue weighted by atomic mass is 9.87. The van der Waals surface area contributed by atoms with Crippen molar-refractivity contribution in [2.24, 2.45) is 0 Å². The van der Waals surface area contributed by atoms with E-state index in [0.717, 1.165) is 0 Å². The Balaban J connectivity index is 2.65. The van der Waals surface area contributed by atoms with Gasteiger partial charge in [0.2, 0.25) is 0 Å². The van der Waals surface area contributed by atoms with Gasteiger partial charge in [0, 0.05) is 0 Å². The third-order valence-electron chi connectivity index (χ3n) is 3.64. The van der Waals surface area contributed by atoms with Gasteiger partial charge in [-0.05, 0) is 34.7 Å². The Hall–Kier alpha value is -1.13. The van der Waals surface area contributed by atoms with Gasteiger partial charge in [-0.15, -0.1) is 0 Å². The van der Waals surface area contributed by atoms with Gasteiger partial charge in [-0.25, -0.2) is 0 Å². The lowest BCUT2D eigenvalue weighted by molar-refractivity contribution is 0.594. The SMILES string of the molecule is CC(C)(C)c1ccccc1P(c1ccccc1)C(C)(C)C. The summed E-state index contributed by atoms with van der Waals surface area (Å²) >= 11 is 0. The first-order chi connectivity index (χ1) is 9.71. The molecule has 0 bridgehead atoms. The topological polar surface area (TPSA) is 0 Å². The van der Waals surface area contributed by atoms with Crippen molar-refractivity contribution in [3.63, 3.8) is 0 Å². The first kappa shape index (κ1) is 16.2. The molecular weight excluding hydrogens is 271 g/mol. The van der Waals surface area contributed by atoms with Crippen molar-refractivity contribution >= 4 is 18.5 Å².